The van der Waals surface area contributed by atoms with Crippen LogP contribution in [0.4, 0.5) is 0 Å². The van der Waals surface area contributed by atoms with E-state index in [4.69, 9.17) is 59.5 Å². The van der Waals surface area contributed by atoms with Crippen LogP contribution in [-0.4, -0.2) is 160 Å². The van der Waals surface area contributed by atoms with Gasteiger partial charge in [0, 0.05) is 0 Å². The summed E-state index contributed by atoms with van der Waals surface area (Å²) in [7, 11) is 0. The van der Waals surface area contributed by atoms with E-state index in [1.807, 2.05) is 0 Å². The Morgan fingerprint density at radius 3 is 0.540 bits per heavy atom. The molecular weight excluding hydrogens is 951 g/mol. The van der Waals surface area contributed by atoms with E-state index in [1.165, 1.54) is 0 Å². The number of aliphatic carboxylic acids is 8. The second kappa shape index (κ2) is 25.1. The predicted octanol–water partition coefficient (Wildman–Crippen LogP) is -11.3. The molecule has 0 radical (unpaired) electrons. The van der Waals surface area contributed by atoms with Crippen LogP contribution in [0.15, 0.2) is 0 Å². The van der Waals surface area contributed by atoms with Gasteiger partial charge < -0.3 is 122 Å². The Morgan fingerprint density at radius 1 is 0.333 bits per heavy atom. The van der Waals surface area contributed by atoms with Crippen LogP contribution in [-0.2, 0) is 147 Å². The molecule has 30 N–H and O–H groups in total. The van der Waals surface area contributed by atoms with Crippen molar-refractivity contribution in [1.29, 1.82) is 0 Å². The number of rotatable bonds is 16. The Balaban J connectivity index is -0.000000174. The zero-order valence-corrected chi connectivity index (χ0v) is 34.7. The number of carbonyl (C=O) groups excluding carboxylic acids is 4. The summed E-state index contributed by atoms with van der Waals surface area (Å²) >= 11 is 0. The third-order valence-corrected chi connectivity index (χ3v) is 7.47. The monoisotopic (exact) mass is 996 g/mol. The van der Waals surface area contributed by atoms with Gasteiger partial charge in [0.05, 0.1) is 51.4 Å². The summed E-state index contributed by atoms with van der Waals surface area (Å²) in [5, 5.41) is 71.3. The van der Waals surface area contributed by atoms with Crippen LogP contribution in [0.3, 0.4) is 0 Å². The minimum absolute atomic E-state index is 0. The molecule has 4 rings (SSSR count). The van der Waals surface area contributed by atoms with Crippen LogP contribution in [0.25, 0.3) is 0 Å². The Bertz CT molecular complexity index is 1430. The van der Waals surface area contributed by atoms with E-state index >= 15 is 0 Å². The molecule has 0 atom stereocenters. The van der Waals surface area contributed by atoms with E-state index in [-0.39, 0.29) is 63.3 Å². The van der Waals surface area contributed by atoms with Crippen LogP contribution < -0.4 is 0 Å². The number of carboxylic acid groups (broad SMARTS) is 8. The van der Waals surface area contributed by atoms with Gasteiger partial charge in [0.25, 0.3) is 23.9 Å². The quantitative estimate of drug-likeness (QED) is 0.0526. The third kappa shape index (κ3) is 15.6. The average molecular weight is 998 g/mol. The molecule has 0 aromatic carbocycles. The van der Waals surface area contributed by atoms with E-state index in [0.29, 0.717) is 0 Å². The first-order valence-electron chi connectivity index (χ1n) is 14.4. The molecule has 0 saturated carbocycles. The van der Waals surface area contributed by atoms with Gasteiger partial charge in [0.1, 0.15) is 22.4 Å². The van der Waals surface area contributed by atoms with Gasteiger partial charge in [-0.2, -0.15) is 0 Å². The minimum atomic E-state index is -3.91. The first kappa shape index (κ1) is 71.4. The van der Waals surface area contributed by atoms with E-state index < -0.39 is 159 Å². The molecule has 4 fully saturated rings. The Labute approximate surface area is 358 Å². The van der Waals surface area contributed by atoms with Gasteiger partial charge in [0.15, 0.2) is 0 Å². The zero-order chi connectivity index (χ0) is 41.2. The van der Waals surface area contributed by atoms with Gasteiger partial charge in [0.2, 0.25) is 0 Å². The largest absolute Gasteiger partial charge is 2.00 e. The van der Waals surface area contributed by atoms with Crippen LogP contribution in [0.1, 0.15) is 51.4 Å². The second-order valence-corrected chi connectivity index (χ2v) is 11.8. The fourth-order valence-electron chi connectivity index (χ4n) is 5.66. The average Bonchev–Trinajstić information content (AvgIpc) is 3.52. The molecule has 0 aliphatic carbocycles. The number of carboxylic acids is 8. The van der Waals surface area contributed by atoms with Crippen LogP contribution in [0.5, 0.6) is 0 Å². The van der Waals surface area contributed by atoms with Crippen molar-refractivity contribution >= 4 is 85.5 Å². The SMILES string of the molecule is O.O.O=C(O)CC1(CC(=O)O)O[B-]2(OC1=O)OC(=O)C(CC(=O)O)(CC(=O)O)O2.O=C(O)CC1(CC(=O)O)O[B-]2(OC1=O)OC(=O)C(CC(=O)O)(CC(=O)O)O2.[OH3+].[OH3+].[OH3+].[OH3+].[OH3+].[OH3+].[Zn+2]. The summed E-state index contributed by atoms with van der Waals surface area (Å²) in [4.78, 5) is 136. The normalized spacial score (nSPS) is 18.4. The van der Waals surface area contributed by atoms with E-state index in [1.54, 1.807) is 0 Å². The summed E-state index contributed by atoms with van der Waals surface area (Å²) in [6.45, 7) is -7.82. The molecule has 0 unspecified atom stereocenters. The van der Waals surface area contributed by atoms with Crippen molar-refractivity contribution in [2.45, 2.75) is 73.8 Å². The molecular formula is C24H46B2O36Zn+6. The molecule has 36 nitrogen and oxygen atoms in total. The molecule has 0 amide bonds. The smallest absolute Gasteiger partial charge is 0.606 e. The Kier molecular flexibility index (Phi) is 28.5. The van der Waals surface area contributed by atoms with Gasteiger partial charge in [-0.15, -0.1) is 0 Å². The third-order valence-electron chi connectivity index (χ3n) is 7.47. The molecule has 4 saturated heterocycles. The Morgan fingerprint density at radius 2 is 0.444 bits per heavy atom. The molecule has 360 valence electrons. The van der Waals surface area contributed by atoms with Gasteiger partial charge in [-0.1, -0.05) is 0 Å². The summed E-state index contributed by atoms with van der Waals surface area (Å²) in [6.07, 6.45) is -9.61. The molecule has 4 aliphatic rings. The maximum Gasteiger partial charge on any atom is 2.00 e. The molecule has 63 heavy (non-hydrogen) atoms. The van der Waals surface area contributed by atoms with Gasteiger partial charge in [-0.3, -0.25) is 57.5 Å². The van der Waals surface area contributed by atoms with E-state index in [9.17, 15) is 57.5 Å². The predicted molar refractivity (Wildman–Crippen MR) is 186 cm³/mol. The van der Waals surface area contributed by atoms with Crippen molar-refractivity contribution in [2.24, 2.45) is 0 Å². The number of hydrogen-bond acceptors (Lipinski definition) is 20. The molecule has 0 aromatic heterocycles. The van der Waals surface area contributed by atoms with Crippen molar-refractivity contribution in [3.05, 3.63) is 0 Å². The van der Waals surface area contributed by atoms with Gasteiger partial charge in [-0.25, -0.2) is 0 Å². The summed E-state index contributed by atoms with van der Waals surface area (Å²) in [5.74, 6) is -19.4. The summed E-state index contributed by atoms with van der Waals surface area (Å²) < 4.78 is 38.6. The van der Waals surface area contributed by atoms with E-state index in [2.05, 4.69) is 18.6 Å². The summed E-state index contributed by atoms with van der Waals surface area (Å²) in [6, 6.07) is 0. The molecule has 4 heterocycles. The first-order chi connectivity index (χ1) is 24.7. The molecule has 39 heteroatoms. The molecule has 0 aromatic rings. The minimum Gasteiger partial charge on any atom is -0.606 e. The maximum atomic E-state index is 12.1. The van der Waals surface area contributed by atoms with E-state index in [0.717, 1.165) is 0 Å². The van der Waals surface area contributed by atoms with Gasteiger partial charge in [-0.05, 0) is 0 Å². The fourth-order valence-corrected chi connectivity index (χ4v) is 5.66. The van der Waals surface area contributed by atoms with Gasteiger partial charge >= 0.3 is 81.1 Å². The topological polar surface area (TPSA) is 702 Å². The van der Waals surface area contributed by atoms with Crippen molar-refractivity contribution < 1.29 is 199 Å². The van der Waals surface area contributed by atoms with Crippen LogP contribution >= 0.6 is 0 Å². The molecule has 4 aliphatic heterocycles. The molecule has 2 spiro atoms. The summed E-state index contributed by atoms with van der Waals surface area (Å²) in [5.41, 5.74) is -10.5. The number of hydrogen-bond donors (Lipinski definition) is 8. The fraction of sp³-hybridized carbons (Fsp3) is 0.500. The van der Waals surface area contributed by atoms with Crippen LogP contribution in [0, 0.1) is 0 Å². The van der Waals surface area contributed by atoms with Crippen molar-refractivity contribution in [2.75, 3.05) is 0 Å². The zero-order valence-electron chi connectivity index (χ0n) is 31.7. The molecule has 0 bridgehead atoms. The maximum absolute atomic E-state index is 12.1. The van der Waals surface area contributed by atoms with Crippen LogP contribution in [0.2, 0.25) is 0 Å². The first-order valence-corrected chi connectivity index (χ1v) is 14.4. The van der Waals surface area contributed by atoms with Crippen molar-refractivity contribution in [3.8, 4) is 0 Å². The Hall–Kier alpha value is -6.09. The standard InChI is InChI=1S/2C12H12BO14.8H2O.Zn/c2*14-5(15)1-11(2-6(16)17)9(22)24-13(26-11)25-10(23)12(27-13,3-7(18)19)4-8(20)21;;;;;;;;;/h2*1-4H2,(H,14,15)(H,16,17)(H,18,19)(H,20,21);8*1H2;/q2*-1;;;;;;;;;+2/p+6. The van der Waals surface area contributed by atoms with Crippen molar-refractivity contribution in [3.63, 3.8) is 0 Å². The van der Waals surface area contributed by atoms with Crippen molar-refractivity contribution in [1.82, 2.24) is 0 Å². The number of carbonyl (C=O) groups is 12. The second-order valence-electron chi connectivity index (χ2n) is 11.8.